The number of carbonyl (C=O) groups excluding carboxylic acids is 1. The van der Waals surface area contributed by atoms with Gasteiger partial charge in [-0.25, -0.2) is 8.42 Å². The van der Waals surface area contributed by atoms with E-state index < -0.39 is 10.0 Å². The van der Waals surface area contributed by atoms with Crippen LogP contribution in [0.3, 0.4) is 0 Å². The van der Waals surface area contributed by atoms with Gasteiger partial charge >= 0.3 is 0 Å². The van der Waals surface area contributed by atoms with Crippen LogP contribution < -0.4 is 5.32 Å². The molecule has 2 aliphatic heterocycles. The molecule has 0 spiro atoms. The van der Waals surface area contributed by atoms with Gasteiger partial charge in [-0.05, 0) is 50.3 Å². The smallest absolute Gasteiger partial charge is 0.243 e. The summed E-state index contributed by atoms with van der Waals surface area (Å²) in [5.74, 6) is -0.227. The highest BCUT2D eigenvalue weighted by Crippen LogP contribution is 2.35. The van der Waals surface area contributed by atoms with Gasteiger partial charge in [-0.15, -0.1) is 0 Å². The van der Waals surface area contributed by atoms with E-state index in [9.17, 15) is 13.2 Å². The number of benzene rings is 1. The fourth-order valence-electron chi connectivity index (χ4n) is 3.88. The SMILES string of the molecule is Cc1cccc(S(=O)(=O)N2C[C@H]3C[C@H](C(=O)NC4CCC4)[C@@H](C2)O3)c1. The summed E-state index contributed by atoms with van der Waals surface area (Å²) in [7, 11) is -3.55. The third-order valence-corrected chi connectivity index (χ3v) is 7.37. The first-order chi connectivity index (χ1) is 11.9. The van der Waals surface area contributed by atoms with Gasteiger partial charge in [0.1, 0.15) is 0 Å². The van der Waals surface area contributed by atoms with Crippen molar-refractivity contribution >= 4 is 15.9 Å². The second kappa shape index (κ2) is 6.37. The van der Waals surface area contributed by atoms with E-state index in [1.54, 1.807) is 18.2 Å². The fraction of sp³-hybridized carbons (Fsp3) is 0.611. The number of sulfonamides is 1. The van der Waals surface area contributed by atoms with Gasteiger partial charge in [0, 0.05) is 19.1 Å². The van der Waals surface area contributed by atoms with Crippen molar-refractivity contribution in [2.24, 2.45) is 5.92 Å². The number of nitrogens with one attached hydrogen (secondary N) is 1. The Labute approximate surface area is 148 Å². The minimum absolute atomic E-state index is 0.0204. The second-order valence-electron chi connectivity index (χ2n) is 7.41. The van der Waals surface area contributed by atoms with Crippen LogP contribution in [0.15, 0.2) is 29.2 Å². The van der Waals surface area contributed by atoms with Crippen LogP contribution in [0.4, 0.5) is 0 Å². The summed E-state index contributed by atoms with van der Waals surface area (Å²) in [6.45, 7) is 2.44. The molecule has 0 radical (unpaired) electrons. The van der Waals surface area contributed by atoms with Crippen LogP contribution in [0.2, 0.25) is 0 Å². The van der Waals surface area contributed by atoms with Crippen molar-refractivity contribution in [2.45, 2.75) is 55.8 Å². The summed E-state index contributed by atoms with van der Waals surface area (Å²) in [6.07, 6.45) is 3.31. The molecule has 3 aliphatic rings. The van der Waals surface area contributed by atoms with Crippen molar-refractivity contribution in [3.05, 3.63) is 29.8 Å². The van der Waals surface area contributed by atoms with Crippen molar-refractivity contribution < 1.29 is 17.9 Å². The average Bonchev–Trinajstić information content (AvgIpc) is 2.84. The predicted octanol–water partition coefficient (Wildman–Crippen LogP) is 1.44. The van der Waals surface area contributed by atoms with Crippen molar-refractivity contribution in [3.63, 3.8) is 0 Å². The number of carbonyl (C=O) groups is 1. The average molecular weight is 364 g/mol. The predicted molar refractivity (Wildman–Crippen MR) is 92.5 cm³/mol. The molecule has 1 amide bonds. The number of ether oxygens (including phenoxy) is 1. The van der Waals surface area contributed by atoms with Crippen LogP contribution >= 0.6 is 0 Å². The topological polar surface area (TPSA) is 75.7 Å². The maximum absolute atomic E-state index is 12.9. The maximum Gasteiger partial charge on any atom is 0.243 e. The summed E-state index contributed by atoms with van der Waals surface area (Å²) >= 11 is 0. The highest BCUT2D eigenvalue weighted by atomic mass is 32.2. The molecule has 1 saturated carbocycles. The molecule has 0 aromatic heterocycles. The normalized spacial score (nSPS) is 30.0. The Balaban J connectivity index is 1.49. The summed E-state index contributed by atoms with van der Waals surface area (Å²) < 4.78 is 33.2. The zero-order valence-corrected chi connectivity index (χ0v) is 15.2. The number of amides is 1. The Bertz CT molecular complexity index is 775. The quantitative estimate of drug-likeness (QED) is 0.877. The highest BCUT2D eigenvalue weighted by Gasteiger charge is 2.47. The molecule has 2 heterocycles. The van der Waals surface area contributed by atoms with E-state index in [0.29, 0.717) is 23.9 Å². The molecule has 1 aromatic carbocycles. The van der Waals surface area contributed by atoms with E-state index in [2.05, 4.69) is 5.32 Å². The Morgan fingerprint density at radius 3 is 2.76 bits per heavy atom. The van der Waals surface area contributed by atoms with E-state index in [4.69, 9.17) is 4.74 Å². The van der Waals surface area contributed by atoms with Gasteiger partial charge < -0.3 is 10.1 Å². The molecule has 3 atom stereocenters. The lowest BCUT2D eigenvalue weighted by Crippen LogP contribution is -2.49. The fourth-order valence-corrected chi connectivity index (χ4v) is 5.47. The number of aryl methyl sites for hydroxylation is 1. The van der Waals surface area contributed by atoms with Crippen LogP contribution in [0, 0.1) is 12.8 Å². The van der Waals surface area contributed by atoms with Gasteiger partial charge in [-0.1, -0.05) is 12.1 Å². The molecule has 25 heavy (non-hydrogen) atoms. The first kappa shape index (κ1) is 17.0. The van der Waals surface area contributed by atoms with E-state index in [0.717, 1.165) is 18.4 Å². The van der Waals surface area contributed by atoms with Gasteiger partial charge in [0.05, 0.1) is 23.0 Å². The minimum atomic E-state index is -3.55. The van der Waals surface area contributed by atoms with Crippen LogP contribution in [-0.4, -0.2) is 50.0 Å². The Morgan fingerprint density at radius 2 is 2.08 bits per heavy atom. The Morgan fingerprint density at radius 1 is 1.28 bits per heavy atom. The van der Waals surface area contributed by atoms with Crippen LogP contribution in [0.1, 0.15) is 31.2 Å². The summed E-state index contributed by atoms with van der Waals surface area (Å²) in [4.78, 5) is 12.8. The zero-order valence-electron chi connectivity index (χ0n) is 14.3. The lowest BCUT2D eigenvalue weighted by molar-refractivity contribution is -0.128. The molecule has 7 heteroatoms. The number of hydrogen-bond acceptors (Lipinski definition) is 4. The largest absolute Gasteiger partial charge is 0.371 e. The van der Waals surface area contributed by atoms with Gasteiger partial charge in [0.15, 0.2) is 0 Å². The summed E-state index contributed by atoms with van der Waals surface area (Å²) in [6, 6.07) is 7.24. The minimum Gasteiger partial charge on any atom is -0.371 e. The van der Waals surface area contributed by atoms with Gasteiger partial charge in [-0.3, -0.25) is 4.79 Å². The van der Waals surface area contributed by atoms with Crippen LogP contribution in [-0.2, 0) is 19.6 Å². The monoisotopic (exact) mass is 364 g/mol. The second-order valence-corrected chi connectivity index (χ2v) is 9.35. The van der Waals surface area contributed by atoms with Crippen molar-refractivity contribution in [2.75, 3.05) is 13.1 Å². The number of fused-ring (bicyclic) bond motifs is 2. The molecule has 3 fully saturated rings. The molecular weight excluding hydrogens is 340 g/mol. The van der Waals surface area contributed by atoms with E-state index in [1.807, 2.05) is 13.0 Å². The Hall–Kier alpha value is -1.44. The molecule has 4 rings (SSSR count). The lowest BCUT2D eigenvalue weighted by atomic mass is 9.91. The molecule has 1 aromatic rings. The van der Waals surface area contributed by atoms with E-state index >= 15 is 0 Å². The van der Waals surface area contributed by atoms with E-state index in [-0.39, 0.29) is 30.6 Å². The molecular formula is C18H24N2O4S. The van der Waals surface area contributed by atoms with E-state index in [1.165, 1.54) is 10.7 Å². The molecule has 2 bridgehead atoms. The van der Waals surface area contributed by atoms with Gasteiger partial charge in [-0.2, -0.15) is 4.31 Å². The standard InChI is InChI=1S/C18H24N2O4S/c1-12-4-2-7-15(8-12)25(22,23)20-10-14-9-16(17(11-20)24-14)18(21)19-13-5-3-6-13/h2,4,7-8,13-14,16-17H,3,5-6,9-11H2,1H3,(H,19,21)/t14-,16+,17-/m1/s1. The highest BCUT2D eigenvalue weighted by molar-refractivity contribution is 7.89. The maximum atomic E-state index is 12.9. The summed E-state index contributed by atoms with van der Waals surface area (Å²) in [5, 5.41) is 3.08. The first-order valence-corrected chi connectivity index (χ1v) is 10.4. The zero-order chi connectivity index (χ0) is 17.6. The number of rotatable bonds is 4. The molecule has 0 unspecified atom stereocenters. The molecule has 6 nitrogen and oxygen atoms in total. The van der Waals surface area contributed by atoms with Crippen LogP contribution in [0.5, 0.6) is 0 Å². The molecule has 1 aliphatic carbocycles. The molecule has 136 valence electrons. The van der Waals surface area contributed by atoms with Gasteiger partial charge in [0.2, 0.25) is 15.9 Å². The number of hydrogen-bond donors (Lipinski definition) is 1. The summed E-state index contributed by atoms with van der Waals surface area (Å²) in [5.41, 5.74) is 0.912. The van der Waals surface area contributed by atoms with Crippen molar-refractivity contribution in [1.82, 2.24) is 9.62 Å². The Kier molecular flexibility index (Phi) is 4.33. The third-order valence-electron chi connectivity index (χ3n) is 5.54. The molecule has 1 N–H and O–H groups in total. The van der Waals surface area contributed by atoms with Crippen LogP contribution in [0.25, 0.3) is 0 Å². The lowest BCUT2D eigenvalue weighted by Gasteiger charge is -2.32. The number of nitrogens with zero attached hydrogens (tertiary/aromatic N) is 1. The van der Waals surface area contributed by atoms with Crippen molar-refractivity contribution in [1.29, 1.82) is 0 Å². The first-order valence-electron chi connectivity index (χ1n) is 8.96. The van der Waals surface area contributed by atoms with Crippen molar-refractivity contribution in [3.8, 4) is 0 Å². The van der Waals surface area contributed by atoms with Gasteiger partial charge in [0.25, 0.3) is 0 Å². The number of morpholine rings is 1. The molecule has 2 saturated heterocycles. The third kappa shape index (κ3) is 3.20.